The van der Waals surface area contributed by atoms with E-state index in [0.29, 0.717) is 31.1 Å². The smallest absolute Gasteiger partial charge is 0.243 e. The maximum atomic E-state index is 13.6. The van der Waals surface area contributed by atoms with Crippen molar-refractivity contribution in [3.05, 3.63) is 35.2 Å². The van der Waals surface area contributed by atoms with Gasteiger partial charge >= 0.3 is 0 Å². The molecule has 8 nitrogen and oxygen atoms in total. The van der Waals surface area contributed by atoms with Crippen molar-refractivity contribution in [2.75, 3.05) is 18.1 Å². The molecule has 0 N–H and O–H groups in total. The molecule has 0 atom stereocenters. The number of fused-ring (bicyclic) bond motifs is 1. The molecular formula is C20H26N4O4S. The predicted molar refractivity (Wildman–Crippen MR) is 108 cm³/mol. The molecule has 1 aliphatic carbocycles. The SMILES string of the molecule is CC(=O)N1CCOc2ccc(S(=O)(=O)N(Cc3c(C)nn(C)c3C)C3CC3)cc21. The van der Waals surface area contributed by atoms with Gasteiger partial charge < -0.3 is 9.64 Å². The van der Waals surface area contributed by atoms with Crippen molar-refractivity contribution in [1.82, 2.24) is 14.1 Å². The summed E-state index contributed by atoms with van der Waals surface area (Å²) < 4.78 is 36.1. The summed E-state index contributed by atoms with van der Waals surface area (Å²) in [6.07, 6.45) is 1.70. The molecule has 2 aliphatic rings. The Morgan fingerprint density at radius 3 is 2.62 bits per heavy atom. The highest BCUT2D eigenvalue weighted by atomic mass is 32.2. The zero-order valence-corrected chi connectivity index (χ0v) is 18.0. The fourth-order valence-corrected chi connectivity index (χ4v) is 5.47. The van der Waals surface area contributed by atoms with Crippen molar-refractivity contribution in [2.45, 2.75) is 51.1 Å². The molecule has 1 aromatic heterocycles. The first-order chi connectivity index (χ1) is 13.7. The Morgan fingerprint density at radius 2 is 2.03 bits per heavy atom. The van der Waals surface area contributed by atoms with Crippen LogP contribution in [0.15, 0.2) is 23.1 Å². The highest BCUT2D eigenvalue weighted by molar-refractivity contribution is 7.89. The van der Waals surface area contributed by atoms with Crippen LogP contribution in [-0.4, -0.2) is 47.6 Å². The van der Waals surface area contributed by atoms with E-state index >= 15 is 0 Å². The molecule has 2 aromatic rings. The molecule has 1 aromatic carbocycles. The number of ether oxygens (including phenoxy) is 1. The molecule has 9 heteroatoms. The first-order valence-corrected chi connectivity index (χ1v) is 11.2. The van der Waals surface area contributed by atoms with Gasteiger partial charge in [0.25, 0.3) is 0 Å². The molecule has 0 saturated heterocycles. The number of carbonyl (C=O) groups excluding carboxylic acids is 1. The van der Waals surface area contributed by atoms with Crippen LogP contribution in [0.2, 0.25) is 0 Å². The third-order valence-corrected chi connectivity index (χ3v) is 7.60. The van der Waals surface area contributed by atoms with Gasteiger partial charge in [0.1, 0.15) is 12.4 Å². The second-order valence-corrected chi connectivity index (χ2v) is 9.59. The molecule has 1 fully saturated rings. The van der Waals surface area contributed by atoms with Crippen molar-refractivity contribution in [3.63, 3.8) is 0 Å². The van der Waals surface area contributed by atoms with E-state index in [1.807, 2.05) is 20.9 Å². The number of anilines is 1. The number of rotatable bonds is 5. The summed E-state index contributed by atoms with van der Waals surface area (Å²) in [5.41, 5.74) is 3.25. The number of hydrogen-bond acceptors (Lipinski definition) is 5. The molecule has 2 heterocycles. The van der Waals surface area contributed by atoms with E-state index in [-0.39, 0.29) is 16.8 Å². The lowest BCUT2D eigenvalue weighted by Crippen LogP contribution is -2.37. The third kappa shape index (κ3) is 3.53. The Balaban J connectivity index is 1.73. The van der Waals surface area contributed by atoms with E-state index < -0.39 is 10.0 Å². The molecule has 0 spiro atoms. The van der Waals surface area contributed by atoms with Gasteiger partial charge in [0.05, 0.1) is 22.8 Å². The Kier molecular flexibility index (Phi) is 4.90. The molecule has 1 aliphatic heterocycles. The van der Waals surface area contributed by atoms with Crippen molar-refractivity contribution >= 4 is 21.6 Å². The van der Waals surface area contributed by atoms with Crippen LogP contribution in [-0.2, 0) is 28.4 Å². The quantitative estimate of drug-likeness (QED) is 0.743. The minimum Gasteiger partial charge on any atom is -0.490 e. The van der Waals surface area contributed by atoms with Crippen LogP contribution in [0.4, 0.5) is 5.69 Å². The van der Waals surface area contributed by atoms with Gasteiger partial charge in [0.15, 0.2) is 0 Å². The van der Waals surface area contributed by atoms with Gasteiger partial charge in [-0.15, -0.1) is 0 Å². The fourth-order valence-electron chi connectivity index (χ4n) is 3.80. The lowest BCUT2D eigenvalue weighted by Gasteiger charge is -2.29. The maximum Gasteiger partial charge on any atom is 0.243 e. The molecule has 156 valence electrons. The van der Waals surface area contributed by atoms with E-state index in [9.17, 15) is 13.2 Å². The topological polar surface area (TPSA) is 84.7 Å². The summed E-state index contributed by atoms with van der Waals surface area (Å²) in [4.78, 5) is 13.7. The van der Waals surface area contributed by atoms with Gasteiger partial charge in [-0.25, -0.2) is 8.42 Å². The normalized spacial score (nSPS) is 16.7. The third-order valence-electron chi connectivity index (χ3n) is 5.71. The summed E-state index contributed by atoms with van der Waals surface area (Å²) in [5.74, 6) is 0.395. The van der Waals surface area contributed by atoms with E-state index in [2.05, 4.69) is 5.10 Å². The highest BCUT2D eigenvalue weighted by Crippen LogP contribution is 2.38. The minimum atomic E-state index is -3.74. The summed E-state index contributed by atoms with van der Waals surface area (Å²) in [6, 6.07) is 4.76. The van der Waals surface area contributed by atoms with Gasteiger partial charge in [0, 0.05) is 37.8 Å². The van der Waals surface area contributed by atoms with Crippen molar-refractivity contribution < 1.29 is 17.9 Å². The van der Waals surface area contributed by atoms with E-state index in [4.69, 9.17) is 4.74 Å². The number of benzene rings is 1. The Hall–Kier alpha value is -2.39. The van der Waals surface area contributed by atoms with Crippen LogP contribution in [0.25, 0.3) is 0 Å². The minimum absolute atomic E-state index is 0.00445. The van der Waals surface area contributed by atoms with Crippen LogP contribution in [0.3, 0.4) is 0 Å². The maximum absolute atomic E-state index is 13.6. The summed E-state index contributed by atoms with van der Waals surface area (Å²) in [7, 11) is -1.88. The molecule has 4 rings (SSSR count). The van der Waals surface area contributed by atoms with Gasteiger partial charge in [0.2, 0.25) is 15.9 Å². The van der Waals surface area contributed by atoms with Crippen molar-refractivity contribution in [2.24, 2.45) is 7.05 Å². The first-order valence-electron chi connectivity index (χ1n) is 9.76. The Bertz CT molecular complexity index is 1070. The predicted octanol–water partition coefficient (Wildman–Crippen LogP) is 2.14. The van der Waals surface area contributed by atoms with E-state index in [0.717, 1.165) is 29.8 Å². The summed E-state index contributed by atoms with van der Waals surface area (Å²) in [5, 5.41) is 4.42. The number of aromatic nitrogens is 2. The number of aryl methyl sites for hydroxylation is 2. The standard InChI is InChI=1S/C20H26N4O4S/c1-13-18(14(2)22(4)21-13)12-24(16-5-6-16)29(26,27)17-7-8-20-19(11-17)23(15(3)25)9-10-28-20/h7-8,11,16H,5-6,9-10,12H2,1-4H3. The average molecular weight is 419 g/mol. The fraction of sp³-hybridized carbons (Fsp3) is 0.500. The molecule has 0 bridgehead atoms. The highest BCUT2D eigenvalue weighted by Gasteiger charge is 2.39. The lowest BCUT2D eigenvalue weighted by molar-refractivity contribution is -0.116. The van der Waals surface area contributed by atoms with Gasteiger partial charge in [-0.2, -0.15) is 9.40 Å². The van der Waals surface area contributed by atoms with Gasteiger partial charge in [-0.1, -0.05) is 0 Å². The van der Waals surface area contributed by atoms with Crippen LogP contribution in [0.1, 0.15) is 36.7 Å². The number of hydrogen-bond donors (Lipinski definition) is 0. The first kappa shape index (κ1) is 19.9. The monoisotopic (exact) mass is 418 g/mol. The lowest BCUT2D eigenvalue weighted by atomic mass is 10.2. The molecule has 29 heavy (non-hydrogen) atoms. The van der Waals surface area contributed by atoms with Crippen molar-refractivity contribution in [1.29, 1.82) is 0 Å². The molecular weight excluding hydrogens is 392 g/mol. The van der Waals surface area contributed by atoms with Crippen molar-refractivity contribution in [3.8, 4) is 5.75 Å². The number of amides is 1. The zero-order chi connectivity index (χ0) is 20.9. The zero-order valence-electron chi connectivity index (χ0n) is 17.2. The summed E-state index contributed by atoms with van der Waals surface area (Å²) >= 11 is 0. The van der Waals surface area contributed by atoms with Crippen LogP contribution >= 0.6 is 0 Å². The number of sulfonamides is 1. The number of nitrogens with zero attached hydrogens (tertiary/aromatic N) is 4. The molecule has 1 amide bonds. The van der Waals surface area contributed by atoms with Crippen LogP contribution in [0.5, 0.6) is 5.75 Å². The van der Waals surface area contributed by atoms with Crippen LogP contribution < -0.4 is 9.64 Å². The van der Waals surface area contributed by atoms with Crippen LogP contribution in [0, 0.1) is 13.8 Å². The Labute approximate surface area is 171 Å². The average Bonchev–Trinajstić information content (AvgIpc) is 3.48. The second kappa shape index (κ2) is 7.14. The van der Waals surface area contributed by atoms with Gasteiger partial charge in [-0.3, -0.25) is 9.48 Å². The van der Waals surface area contributed by atoms with E-state index in [1.165, 1.54) is 6.92 Å². The molecule has 1 saturated carbocycles. The largest absolute Gasteiger partial charge is 0.490 e. The second-order valence-electron chi connectivity index (χ2n) is 7.70. The Morgan fingerprint density at radius 1 is 1.31 bits per heavy atom. The van der Waals surface area contributed by atoms with E-state index in [1.54, 1.807) is 32.1 Å². The van der Waals surface area contributed by atoms with Gasteiger partial charge in [-0.05, 0) is 44.9 Å². The summed E-state index contributed by atoms with van der Waals surface area (Å²) in [6.45, 7) is 6.43. The number of carbonyl (C=O) groups is 1. The molecule has 0 radical (unpaired) electrons. The molecule has 0 unspecified atom stereocenters.